The normalized spacial score (nSPS) is 28.8. The van der Waals surface area contributed by atoms with E-state index in [1.165, 1.54) is 0 Å². The molecule has 8 heteroatoms. The molecule has 6 rings (SSSR count). The molecule has 1 aliphatic carbocycles. The van der Waals surface area contributed by atoms with Crippen LogP contribution in [0.5, 0.6) is 0 Å². The van der Waals surface area contributed by atoms with Gasteiger partial charge in [-0.1, -0.05) is 17.7 Å². The van der Waals surface area contributed by atoms with Crippen LogP contribution in [0.1, 0.15) is 55.7 Å². The van der Waals surface area contributed by atoms with Crippen LogP contribution in [-0.2, 0) is 9.53 Å². The Morgan fingerprint density at radius 3 is 2.65 bits per heavy atom. The minimum absolute atomic E-state index is 0.00175. The van der Waals surface area contributed by atoms with E-state index in [1.54, 1.807) is 12.4 Å². The third-order valence-corrected chi connectivity index (χ3v) is 9.14. The number of fused-ring (bicyclic) bond motifs is 1. The summed E-state index contributed by atoms with van der Waals surface area (Å²) >= 11 is 6.74. The van der Waals surface area contributed by atoms with Crippen LogP contribution >= 0.6 is 11.6 Å². The van der Waals surface area contributed by atoms with Crippen LogP contribution in [0.25, 0.3) is 10.8 Å². The molecule has 1 saturated carbocycles. The molecular formula is C29H33ClN4O3. The number of nitrogens with zero attached hydrogens (tertiary/aromatic N) is 3. The summed E-state index contributed by atoms with van der Waals surface area (Å²) in [5, 5.41) is 16.2. The van der Waals surface area contributed by atoms with Crippen molar-refractivity contribution >= 4 is 34.1 Å². The second-order valence-corrected chi connectivity index (χ2v) is 11.4. The molecule has 0 radical (unpaired) electrons. The van der Waals surface area contributed by atoms with Crippen LogP contribution in [0, 0.1) is 5.92 Å². The number of carbonyl (C=O) groups is 1. The molecule has 0 spiro atoms. The lowest BCUT2D eigenvalue weighted by Gasteiger charge is -2.43. The second kappa shape index (κ2) is 9.95. The van der Waals surface area contributed by atoms with Gasteiger partial charge in [0.2, 0.25) is 5.91 Å². The van der Waals surface area contributed by atoms with E-state index in [4.69, 9.17) is 16.3 Å². The Labute approximate surface area is 222 Å². The Hall–Kier alpha value is -2.58. The summed E-state index contributed by atoms with van der Waals surface area (Å²) in [6.45, 7) is 4.86. The van der Waals surface area contributed by atoms with E-state index in [-0.39, 0.29) is 23.3 Å². The number of carbonyl (C=O) groups excluding carboxylic acids is 1. The number of pyridine rings is 2. The zero-order chi connectivity index (χ0) is 25.6. The van der Waals surface area contributed by atoms with Gasteiger partial charge in [-0.3, -0.25) is 14.7 Å². The largest absolute Gasteiger partial charge is 0.389 e. The van der Waals surface area contributed by atoms with Crippen molar-refractivity contribution in [3.05, 3.63) is 65.1 Å². The highest BCUT2D eigenvalue weighted by Crippen LogP contribution is 2.42. The highest BCUT2D eigenvalue weighted by molar-refractivity contribution is 6.32. The van der Waals surface area contributed by atoms with Crippen molar-refractivity contribution in [1.29, 1.82) is 0 Å². The van der Waals surface area contributed by atoms with Gasteiger partial charge in [0.05, 0.1) is 24.9 Å². The Bertz CT molecular complexity index is 1300. The van der Waals surface area contributed by atoms with E-state index in [0.717, 1.165) is 65.8 Å². The fourth-order valence-electron chi connectivity index (χ4n) is 6.20. The van der Waals surface area contributed by atoms with E-state index in [0.29, 0.717) is 24.9 Å². The van der Waals surface area contributed by atoms with Gasteiger partial charge in [0.25, 0.3) is 0 Å². The summed E-state index contributed by atoms with van der Waals surface area (Å²) in [7, 11) is 0. The molecular weight excluding hydrogens is 488 g/mol. The number of amides is 1. The maximum atomic E-state index is 13.0. The van der Waals surface area contributed by atoms with Crippen molar-refractivity contribution < 1.29 is 14.6 Å². The molecule has 3 fully saturated rings. The number of aromatic nitrogens is 2. The Morgan fingerprint density at radius 1 is 1.14 bits per heavy atom. The zero-order valence-corrected chi connectivity index (χ0v) is 21.8. The smallest absolute Gasteiger partial charge is 0.229 e. The summed E-state index contributed by atoms with van der Waals surface area (Å²) in [4.78, 5) is 24.3. The lowest BCUT2D eigenvalue weighted by Crippen LogP contribution is -2.56. The molecule has 0 bridgehead atoms. The predicted octanol–water partition coefficient (Wildman–Crippen LogP) is 4.74. The first-order valence-corrected chi connectivity index (χ1v) is 13.6. The summed E-state index contributed by atoms with van der Waals surface area (Å²) in [6.07, 6.45) is 6.90. The number of anilines is 1. The fourth-order valence-corrected chi connectivity index (χ4v) is 6.53. The molecule has 194 valence electrons. The number of halogens is 1. The Balaban J connectivity index is 1.16. The molecule has 1 aromatic carbocycles. The molecule has 7 nitrogen and oxygen atoms in total. The monoisotopic (exact) mass is 520 g/mol. The summed E-state index contributed by atoms with van der Waals surface area (Å²) in [5.41, 5.74) is 1.81. The van der Waals surface area contributed by atoms with Gasteiger partial charge in [0.1, 0.15) is 5.82 Å². The van der Waals surface area contributed by atoms with Gasteiger partial charge in [-0.15, -0.1) is 0 Å². The first-order chi connectivity index (χ1) is 17.9. The highest BCUT2D eigenvalue weighted by Gasteiger charge is 2.45. The SMILES string of the molecule is C[C@]1(N2CCC(c3cc4cc(NC(=O)[C@@H]5CC[C@H]5c5ccccn5)ncc4cc3Cl)CC2)COC[C@H]1O. The average molecular weight is 521 g/mol. The van der Waals surface area contributed by atoms with E-state index >= 15 is 0 Å². The maximum absolute atomic E-state index is 13.0. The highest BCUT2D eigenvalue weighted by atomic mass is 35.5. The number of rotatable bonds is 5. The van der Waals surface area contributed by atoms with Crippen LogP contribution in [0.3, 0.4) is 0 Å². The van der Waals surface area contributed by atoms with E-state index in [2.05, 4.69) is 33.2 Å². The first kappa shape index (κ1) is 24.7. The van der Waals surface area contributed by atoms with Crippen molar-refractivity contribution in [3.63, 3.8) is 0 Å². The lowest BCUT2D eigenvalue weighted by atomic mass is 9.71. The van der Waals surface area contributed by atoms with Gasteiger partial charge in [-0.2, -0.15) is 0 Å². The number of hydrogen-bond acceptors (Lipinski definition) is 6. The fraction of sp³-hybridized carbons (Fsp3) is 0.483. The van der Waals surface area contributed by atoms with Gasteiger partial charge in [0, 0.05) is 40.3 Å². The minimum atomic E-state index is -0.450. The van der Waals surface area contributed by atoms with Crippen LogP contribution in [0.2, 0.25) is 5.02 Å². The van der Waals surface area contributed by atoms with Gasteiger partial charge in [-0.05, 0) is 92.9 Å². The molecule has 2 aliphatic heterocycles. The number of ether oxygens (including phenoxy) is 1. The molecule has 2 saturated heterocycles. The third-order valence-electron chi connectivity index (χ3n) is 8.81. The molecule has 3 aliphatic rings. The number of aliphatic hydroxyl groups excluding tert-OH is 1. The molecule has 1 amide bonds. The molecule has 4 atom stereocenters. The number of hydrogen-bond donors (Lipinski definition) is 2. The molecule has 2 aromatic heterocycles. The number of nitrogens with one attached hydrogen (secondary N) is 1. The van der Waals surface area contributed by atoms with Gasteiger partial charge in [0.15, 0.2) is 0 Å². The number of likely N-dealkylation sites (tertiary alicyclic amines) is 1. The van der Waals surface area contributed by atoms with Crippen LogP contribution < -0.4 is 5.32 Å². The van der Waals surface area contributed by atoms with E-state index < -0.39 is 6.10 Å². The van der Waals surface area contributed by atoms with E-state index in [1.807, 2.05) is 30.3 Å². The van der Waals surface area contributed by atoms with E-state index in [9.17, 15) is 9.90 Å². The standard InChI is InChI=1S/C29H33ClN4O3/c1-29(17-37-16-26(29)35)34-10-7-18(8-11-34)23-12-19-14-27(32-15-20(19)13-24(23)30)33-28(36)22-6-5-21(22)25-4-2-3-9-31-25/h2-4,9,12-15,18,21-22,26,35H,5-8,10-11,16-17H2,1H3,(H,32,33,36)/t21-,22-,26-,29+/m1/s1. The lowest BCUT2D eigenvalue weighted by molar-refractivity contribution is -0.123. The summed E-state index contributed by atoms with van der Waals surface area (Å²) in [5.74, 6) is 0.995. The minimum Gasteiger partial charge on any atom is -0.389 e. The second-order valence-electron chi connectivity index (χ2n) is 11.0. The van der Waals surface area contributed by atoms with Crippen molar-refractivity contribution in [1.82, 2.24) is 14.9 Å². The molecule has 4 heterocycles. The quantitative estimate of drug-likeness (QED) is 0.505. The summed E-state index contributed by atoms with van der Waals surface area (Å²) < 4.78 is 5.55. The van der Waals surface area contributed by atoms with Crippen LogP contribution in [0.15, 0.2) is 48.8 Å². The Kier molecular flexibility index (Phi) is 6.65. The predicted molar refractivity (Wildman–Crippen MR) is 144 cm³/mol. The first-order valence-electron chi connectivity index (χ1n) is 13.2. The molecule has 0 unspecified atom stereocenters. The van der Waals surface area contributed by atoms with Crippen molar-refractivity contribution in [3.8, 4) is 0 Å². The average Bonchev–Trinajstić information content (AvgIpc) is 3.23. The molecule has 2 N–H and O–H groups in total. The number of piperidine rings is 1. The topological polar surface area (TPSA) is 87.6 Å². The zero-order valence-electron chi connectivity index (χ0n) is 21.1. The molecule has 37 heavy (non-hydrogen) atoms. The van der Waals surface area contributed by atoms with Crippen molar-refractivity contribution in [2.24, 2.45) is 5.92 Å². The Morgan fingerprint density at radius 2 is 1.97 bits per heavy atom. The number of benzene rings is 1. The van der Waals surface area contributed by atoms with Crippen molar-refractivity contribution in [2.45, 2.75) is 56.1 Å². The molecule has 3 aromatic rings. The van der Waals surface area contributed by atoms with Crippen LogP contribution in [-0.4, -0.2) is 63.8 Å². The maximum Gasteiger partial charge on any atom is 0.229 e. The van der Waals surface area contributed by atoms with Gasteiger partial charge in [-0.25, -0.2) is 4.98 Å². The van der Waals surface area contributed by atoms with Crippen molar-refractivity contribution in [2.75, 3.05) is 31.6 Å². The van der Waals surface area contributed by atoms with Gasteiger partial charge < -0.3 is 15.2 Å². The number of aliphatic hydroxyl groups is 1. The summed E-state index contributed by atoms with van der Waals surface area (Å²) in [6, 6.07) is 12.0. The van der Waals surface area contributed by atoms with Crippen LogP contribution in [0.4, 0.5) is 5.82 Å². The third kappa shape index (κ3) is 4.63. The van der Waals surface area contributed by atoms with Gasteiger partial charge >= 0.3 is 0 Å².